The summed E-state index contributed by atoms with van der Waals surface area (Å²) in [6.07, 6.45) is 0. The number of aliphatic hydroxyl groups excluding tert-OH is 14. The molecule has 0 aliphatic carbocycles. The Balaban J connectivity index is -0.0000000825. The smallest absolute Gasteiger partial charge is 0.330 e. The van der Waals surface area contributed by atoms with Gasteiger partial charge >= 0.3 is 71.6 Å². The van der Waals surface area contributed by atoms with Crippen LogP contribution in [0.15, 0.2) is 146 Å². The van der Waals surface area contributed by atoms with E-state index in [2.05, 4.69) is 78.9 Å². The van der Waals surface area contributed by atoms with E-state index >= 15 is 0 Å². The molecule has 0 aromatic carbocycles. The number of hydrogen-bond acceptors (Lipinski definition) is 29. The van der Waals surface area contributed by atoms with Crippen molar-refractivity contribution in [1.82, 2.24) is 0 Å². The van der Waals surface area contributed by atoms with Crippen molar-refractivity contribution in [3.8, 4) is 0 Å². The zero-order valence-electron chi connectivity index (χ0n) is 66.9. The van der Waals surface area contributed by atoms with Gasteiger partial charge in [0.1, 0.15) is 0 Å². The van der Waals surface area contributed by atoms with Gasteiger partial charge in [-0.2, -0.15) is 0 Å². The molecule has 0 aromatic heterocycles. The number of carbonyl (C=O) groups is 12. The maximum atomic E-state index is 9.60. The third-order valence-electron chi connectivity index (χ3n) is 11.5. The van der Waals surface area contributed by atoms with E-state index < -0.39 is 191 Å². The van der Waals surface area contributed by atoms with Crippen molar-refractivity contribution in [2.24, 2.45) is 27.1 Å². The molecule has 0 spiro atoms. The minimum atomic E-state index is -1.24. The van der Waals surface area contributed by atoms with Crippen LogP contribution in [0, 0.1) is 27.1 Å². The quantitative estimate of drug-likeness (QED) is 0.0377. The minimum absolute atomic E-state index is 0.141. The van der Waals surface area contributed by atoms with E-state index in [9.17, 15) is 98.4 Å². The lowest BCUT2D eigenvalue weighted by atomic mass is 9.90. The molecule has 0 bridgehead atoms. The predicted molar refractivity (Wildman–Crippen MR) is 413 cm³/mol. The van der Waals surface area contributed by atoms with Gasteiger partial charge < -0.3 is 147 Å². The Morgan fingerprint density at radius 2 is 0.219 bits per heavy atom. The third kappa shape index (κ3) is 96.0. The van der Waals surface area contributed by atoms with Gasteiger partial charge in [-0.05, 0) is 83.1 Å². The Morgan fingerprint density at radius 1 is 0.167 bits per heavy atom. The Morgan fingerprint density at radius 3 is 0.263 bits per heavy atom. The molecule has 0 radical (unpaired) electrons. The van der Waals surface area contributed by atoms with Crippen LogP contribution in [0.5, 0.6) is 0 Å². The van der Waals surface area contributed by atoms with Gasteiger partial charge in [-0.3, -0.25) is 0 Å². The van der Waals surface area contributed by atoms with Gasteiger partial charge in [-0.25, -0.2) is 57.5 Å². The van der Waals surface area contributed by atoms with E-state index in [1.165, 1.54) is 83.1 Å². The predicted octanol–water partition coefficient (Wildman–Crippen LogP) is 0.612. The van der Waals surface area contributed by atoms with Crippen LogP contribution in [0.25, 0.3) is 0 Å². The summed E-state index contributed by atoms with van der Waals surface area (Å²) in [4.78, 5) is 115. The summed E-state index contributed by atoms with van der Waals surface area (Å²) in [5.41, 5.74) is -3.90. The van der Waals surface area contributed by atoms with Crippen LogP contribution >= 0.6 is 0 Å². The molecule has 0 atom stereocenters. The fourth-order valence-electron chi connectivity index (χ4n) is 2.87. The second-order valence-corrected chi connectivity index (χ2v) is 24.2. The molecule has 0 unspecified atom stereocenters. The van der Waals surface area contributed by atoms with E-state index in [0.717, 1.165) is 0 Å². The lowest BCUT2D eigenvalue weighted by Gasteiger charge is -2.34. The van der Waals surface area contributed by atoms with Gasteiger partial charge in [-0.1, -0.05) is 78.9 Å². The van der Waals surface area contributed by atoms with E-state index in [1.807, 2.05) is 0 Å². The van der Waals surface area contributed by atoms with E-state index in [1.54, 1.807) is 0 Å². The molecule has 0 aliphatic rings. The number of aliphatic hydroxyl groups is 14. The third-order valence-corrected chi connectivity index (χ3v) is 11.5. The van der Waals surface area contributed by atoms with Gasteiger partial charge in [0.25, 0.3) is 0 Å². The van der Waals surface area contributed by atoms with Crippen molar-refractivity contribution >= 4 is 71.6 Å². The van der Waals surface area contributed by atoms with Crippen molar-refractivity contribution in [1.29, 1.82) is 0 Å². The fourth-order valence-corrected chi connectivity index (χ4v) is 2.87. The molecular formula is C73H126O41. The molecule has 0 aromatic rings. The molecule has 0 saturated heterocycles. The highest BCUT2D eigenvalue weighted by Crippen LogP contribution is 2.24. The monoisotopic (exact) mass is 1660 g/mol. The first-order valence-corrected chi connectivity index (χ1v) is 31.6. The number of hydrogen-bond donors (Lipinski definition) is 26. The molecule has 664 valence electrons. The average Bonchev–Trinajstić information content (AvgIpc) is 0.864. The van der Waals surface area contributed by atoms with E-state index in [-0.39, 0.29) is 107 Å². The van der Waals surface area contributed by atoms with E-state index in [4.69, 9.17) is 106 Å². The minimum Gasteiger partial charge on any atom is -0.478 e. The highest BCUT2D eigenvalue weighted by molar-refractivity contribution is 5.88. The maximum absolute atomic E-state index is 9.60. The van der Waals surface area contributed by atoms with Gasteiger partial charge in [0, 0.05) is 66.9 Å². The standard InChI is InChI=1S/C15H32O10.C10H22O7.12C4H6O2/c16-1-13(2-17,3-18)9-24-11-15(7-22,8-23)12-25-10-14(4-19,5-20)6-21;11-1-9(2-12,3-13)7-17-8-10(4-14,5-15)6-16;12*1-3(2)4(5)6/h16-23H,1-12H2;11-16H,1-8H2;12*1H2,2H3,(H,5,6). The highest BCUT2D eigenvalue weighted by Gasteiger charge is 2.36. The van der Waals surface area contributed by atoms with Crippen molar-refractivity contribution in [3.05, 3.63) is 146 Å². The summed E-state index contributed by atoms with van der Waals surface area (Å²) in [6.45, 7) is 47.4. The SMILES string of the molecule is C=C(C)C(=O)O.C=C(C)C(=O)O.C=C(C)C(=O)O.C=C(C)C(=O)O.C=C(C)C(=O)O.C=C(C)C(=O)O.C=C(C)C(=O)O.C=C(C)C(=O)O.C=C(C)C(=O)O.C=C(C)C(=O)O.C=C(C)C(=O)O.C=C(C)C(=O)O.OCC(CO)(CO)COCC(CO)(CO)CO.OCC(CO)(CO)COCC(CO)(CO)COCC(CO)(CO)CO. The summed E-state index contributed by atoms with van der Waals surface area (Å²) in [7, 11) is 0. The summed E-state index contributed by atoms with van der Waals surface area (Å²) < 4.78 is 15.9. The maximum Gasteiger partial charge on any atom is 0.330 e. The Labute approximate surface area is 662 Å². The zero-order chi connectivity index (χ0) is 94.6. The molecule has 0 fully saturated rings. The number of ether oxygens (including phenoxy) is 3. The Bertz CT molecular complexity index is 2240. The fraction of sp³-hybridized carbons (Fsp3) is 0.507. The average molecular weight is 1660 g/mol. The molecule has 114 heavy (non-hydrogen) atoms. The molecule has 26 N–H and O–H groups in total. The number of rotatable bonds is 38. The highest BCUT2D eigenvalue weighted by atomic mass is 16.5. The summed E-state index contributed by atoms with van der Waals surface area (Å²) in [5, 5.41) is 223. The van der Waals surface area contributed by atoms with Gasteiger partial charge in [0.05, 0.1) is 159 Å². The number of carboxylic acids is 12. The zero-order valence-corrected chi connectivity index (χ0v) is 66.9. The van der Waals surface area contributed by atoms with Crippen LogP contribution in [0.4, 0.5) is 0 Å². The van der Waals surface area contributed by atoms with Crippen LogP contribution in [0.2, 0.25) is 0 Å². The summed E-state index contributed by atoms with van der Waals surface area (Å²) in [5.74, 6) is -11.2. The molecule has 0 saturated carbocycles. The summed E-state index contributed by atoms with van der Waals surface area (Å²) >= 11 is 0. The molecule has 41 nitrogen and oxygen atoms in total. The van der Waals surface area contributed by atoms with Crippen molar-refractivity contribution in [2.45, 2.75) is 83.1 Å². The molecule has 0 aliphatic heterocycles. The first-order valence-electron chi connectivity index (χ1n) is 31.6. The molecule has 41 heteroatoms. The van der Waals surface area contributed by atoms with E-state index in [0.29, 0.717) is 0 Å². The summed E-state index contributed by atoms with van der Waals surface area (Å²) in [6, 6.07) is 0. The molecule has 0 rings (SSSR count). The lowest BCUT2D eigenvalue weighted by molar-refractivity contribution is -0.133. The van der Waals surface area contributed by atoms with Crippen LogP contribution < -0.4 is 0 Å². The van der Waals surface area contributed by atoms with Crippen molar-refractivity contribution in [3.63, 3.8) is 0 Å². The second-order valence-electron chi connectivity index (χ2n) is 24.2. The first-order chi connectivity index (χ1) is 51.7. The van der Waals surface area contributed by atoms with Crippen LogP contribution in [0.1, 0.15) is 83.1 Å². The molecule has 0 amide bonds. The first kappa shape index (κ1) is 136. The van der Waals surface area contributed by atoms with Crippen molar-refractivity contribution in [2.75, 3.05) is 132 Å². The molecule has 0 heterocycles. The van der Waals surface area contributed by atoms with Gasteiger partial charge in [0.2, 0.25) is 0 Å². The largest absolute Gasteiger partial charge is 0.478 e. The topological polar surface area (TPSA) is 759 Å². The van der Waals surface area contributed by atoms with Gasteiger partial charge in [-0.15, -0.1) is 0 Å². The van der Waals surface area contributed by atoms with Gasteiger partial charge in [0.15, 0.2) is 0 Å². The Kier molecular flexibility index (Phi) is 96.5. The molecular weight excluding hydrogens is 1530 g/mol. The van der Waals surface area contributed by atoms with Crippen molar-refractivity contribution < 1.29 is 205 Å². The number of carboxylic acid groups (broad SMARTS) is 12. The van der Waals surface area contributed by atoms with Crippen LogP contribution in [-0.2, 0) is 71.7 Å². The Hall–Kier alpha value is -10.2. The van der Waals surface area contributed by atoms with Crippen LogP contribution in [0.3, 0.4) is 0 Å². The normalized spacial score (nSPS) is 9.63. The number of aliphatic carboxylic acids is 12. The lowest BCUT2D eigenvalue weighted by Crippen LogP contribution is -2.45. The van der Waals surface area contributed by atoms with Crippen LogP contribution in [-0.4, -0.2) is 337 Å². The second kappa shape index (κ2) is 80.9.